The average Bonchev–Trinajstić information content (AvgIpc) is 3.80. The van der Waals surface area contributed by atoms with Crippen LogP contribution in [0.25, 0.3) is 55.6 Å². The lowest BCUT2D eigenvalue weighted by molar-refractivity contribution is 0.659. The molecule has 0 heteroatoms. The smallest absolute Gasteiger partial charge is 0.0159 e. The molecule has 0 fully saturated rings. The molecule has 3 aliphatic rings. The lowest BCUT2D eigenvalue weighted by Crippen LogP contribution is -2.15. The van der Waals surface area contributed by atoms with E-state index in [9.17, 15) is 0 Å². The standard InChI is InChI=1S/2C22H20.C16H16.2C2H6/c1-15-8-10-16(11-9-15)17-12-13-19-18-6-4-5-7-20(18)22(2,3)21(19)14-17;1-15-9-11-18-19-12-10-17(16-7-5-4-6-8-16)14-21(19)22(2,3)20(18)13-15;1-11-8-9-13-12-6-4-5-7-14(12)16(2,3)15(13)10-11;2*1-2/h2*4-14H,1-3H3;4-10H,1-3H3;2*1-2H3. The largest absolute Gasteiger partial charge is 0.0683 e. The van der Waals surface area contributed by atoms with E-state index in [1.165, 1.54) is 106 Å². The van der Waals surface area contributed by atoms with Crippen LogP contribution in [-0.4, -0.2) is 0 Å². The zero-order valence-corrected chi connectivity index (χ0v) is 40.7. The van der Waals surface area contributed by atoms with Crippen LogP contribution in [0.1, 0.15) is 119 Å². The van der Waals surface area contributed by atoms with Gasteiger partial charge in [-0.15, -0.1) is 0 Å². The van der Waals surface area contributed by atoms with Crippen molar-refractivity contribution in [3.05, 3.63) is 226 Å². The van der Waals surface area contributed by atoms with E-state index in [0.29, 0.717) is 0 Å². The monoisotopic (exact) mass is 837 g/mol. The van der Waals surface area contributed by atoms with Crippen molar-refractivity contribution < 1.29 is 0 Å². The van der Waals surface area contributed by atoms with Crippen molar-refractivity contribution in [2.45, 2.75) is 106 Å². The number of rotatable bonds is 2. The predicted molar refractivity (Wildman–Crippen MR) is 280 cm³/mol. The topological polar surface area (TPSA) is 0 Å². The van der Waals surface area contributed by atoms with Crippen LogP contribution in [-0.2, 0) is 16.2 Å². The molecule has 324 valence electrons. The lowest BCUT2D eigenvalue weighted by Gasteiger charge is -2.22. The molecule has 64 heavy (non-hydrogen) atoms. The first-order valence-corrected chi connectivity index (χ1v) is 23.6. The van der Waals surface area contributed by atoms with E-state index in [2.05, 4.69) is 238 Å². The summed E-state index contributed by atoms with van der Waals surface area (Å²) in [5, 5.41) is 0. The van der Waals surface area contributed by atoms with E-state index in [1.807, 2.05) is 27.7 Å². The third-order valence-corrected chi connectivity index (χ3v) is 13.6. The molecular formula is C64H68. The molecule has 0 amide bonds. The Kier molecular flexibility index (Phi) is 13.2. The Morgan fingerprint density at radius 3 is 0.938 bits per heavy atom. The van der Waals surface area contributed by atoms with Crippen molar-refractivity contribution in [1.82, 2.24) is 0 Å². The summed E-state index contributed by atoms with van der Waals surface area (Å²) in [6.45, 7) is 28.4. The van der Waals surface area contributed by atoms with E-state index >= 15 is 0 Å². The molecule has 0 heterocycles. The maximum absolute atomic E-state index is 2.38. The summed E-state index contributed by atoms with van der Waals surface area (Å²) in [5.74, 6) is 0. The van der Waals surface area contributed by atoms with Gasteiger partial charge in [0, 0.05) is 16.2 Å². The highest BCUT2D eigenvalue weighted by Crippen LogP contribution is 2.52. The maximum atomic E-state index is 2.38. The number of benzene rings is 8. The van der Waals surface area contributed by atoms with Crippen molar-refractivity contribution in [1.29, 1.82) is 0 Å². The highest BCUT2D eigenvalue weighted by atomic mass is 14.4. The third-order valence-electron chi connectivity index (χ3n) is 13.6. The van der Waals surface area contributed by atoms with Gasteiger partial charge in [-0.1, -0.05) is 250 Å². The van der Waals surface area contributed by atoms with Gasteiger partial charge in [-0.3, -0.25) is 0 Å². The SMILES string of the molecule is CC.CC.Cc1ccc(-c2ccc3c(c2)C(C)(C)c2ccccc2-3)cc1.Cc1ccc2c(c1)C(C)(C)c1cc(-c3ccccc3)ccc1-2.Cc1ccc2c(c1)C(C)(C)c1ccccc1-2. The van der Waals surface area contributed by atoms with Gasteiger partial charge in [0.1, 0.15) is 0 Å². The van der Waals surface area contributed by atoms with Crippen LogP contribution in [0, 0.1) is 20.8 Å². The van der Waals surface area contributed by atoms with Gasteiger partial charge < -0.3 is 0 Å². The molecule has 0 spiro atoms. The molecule has 0 atom stereocenters. The maximum Gasteiger partial charge on any atom is 0.0159 e. The van der Waals surface area contributed by atoms with Crippen molar-refractivity contribution in [2.24, 2.45) is 0 Å². The summed E-state index contributed by atoms with van der Waals surface area (Å²) in [6.07, 6.45) is 0. The second kappa shape index (κ2) is 18.5. The Labute approximate surface area is 386 Å². The fourth-order valence-corrected chi connectivity index (χ4v) is 10.1. The highest BCUT2D eigenvalue weighted by Gasteiger charge is 2.37. The fourth-order valence-electron chi connectivity index (χ4n) is 10.1. The van der Waals surface area contributed by atoms with Crippen LogP contribution < -0.4 is 0 Å². The molecule has 0 aliphatic heterocycles. The third kappa shape index (κ3) is 8.32. The summed E-state index contributed by atoms with van der Waals surface area (Å²) in [6, 6.07) is 64.5. The molecule has 0 unspecified atom stereocenters. The van der Waals surface area contributed by atoms with Crippen LogP contribution in [0.4, 0.5) is 0 Å². The van der Waals surface area contributed by atoms with E-state index in [0.717, 1.165) is 0 Å². The van der Waals surface area contributed by atoms with Crippen LogP contribution in [0.3, 0.4) is 0 Å². The molecule has 0 nitrogen and oxygen atoms in total. The molecule has 0 bridgehead atoms. The van der Waals surface area contributed by atoms with Crippen molar-refractivity contribution in [3.63, 3.8) is 0 Å². The van der Waals surface area contributed by atoms with Crippen LogP contribution in [0.2, 0.25) is 0 Å². The zero-order valence-electron chi connectivity index (χ0n) is 40.7. The quantitative estimate of drug-likeness (QED) is 0.163. The average molecular weight is 837 g/mol. The van der Waals surface area contributed by atoms with Gasteiger partial charge in [-0.2, -0.15) is 0 Å². The molecule has 0 aromatic heterocycles. The number of hydrogen-bond acceptors (Lipinski definition) is 0. The summed E-state index contributed by atoms with van der Waals surface area (Å²) >= 11 is 0. The molecule has 0 saturated carbocycles. The second-order valence-electron chi connectivity index (χ2n) is 18.8. The Morgan fingerprint density at radius 1 is 0.234 bits per heavy atom. The summed E-state index contributed by atoms with van der Waals surface area (Å²) in [5.41, 5.74) is 26.5. The van der Waals surface area contributed by atoms with Crippen LogP contribution in [0.15, 0.2) is 176 Å². The van der Waals surface area contributed by atoms with Gasteiger partial charge in [-0.05, 0) is 122 Å². The van der Waals surface area contributed by atoms with E-state index in [1.54, 1.807) is 0 Å². The molecule has 11 rings (SSSR count). The fraction of sp³-hybridized carbons (Fsp3) is 0.250. The normalized spacial score (nSPS) is 14.1. The Bertz CT molecular complexity index is 2900. The molecule has 0 N–H and O–H groups in total. The molecule has 3 aliphatic carbocycles. The zero-order chi connectivity index (χ0) is 46.0. The van der Waals surface area contributed by atoms with Crippen molar-refractivity contribution >= 4 is 0 Å². The summed E-state index contributed by atoms with van der Waals surface area (Å²) in [7, 11) is 0. The summed E-state index contributed by atoms with van der Waals surface area (Å²) < 4.78 is 0. The van der Waals surface area contributed by atoms with Crippen LogP contribution >= 0.6 is 0 Å². The minimum atomic E-state index is 0.0709. The Balaban J connectivity index is 0.000000140. The molecule has 8 aromatic carbocycles. The van der Waals surface area contributed by atoms with E-state index in [-0.39, 0.29) is 16.2 Å². The first-order valence-electron chi connectivity index (χ1n) is 23.6. The number of fused-ring (bicyclic) bond motifs is 9. The number of hydrogen-bond donors (Lipinski definition) is 0. The van der Waals surface area contributed by atoms with Crippen LogP contribution in [0.5, 0.6) is 0 Å². The van der Waals surface area contributed by atoms with Gasteiger partial charge in [0.15, 0.2) is 0 Å². The molecular weight excluding hydrogens is 769 g/mol. The van der Waals surface area contributed by atoms with Crippen molar-refractivity contribution in [3.8, 4) is 55.6 Å². The molecule has 0 saturated heterocycles. The van der Waals surface area contributed by atoms with Gasteiger partial charge in [-0.25, -0.2) is 0 Å². The molecule has 0 radical (unpaired) electrons. The highest BCUT2D eigenvalue weighted by molar-refractivity contribution is 5.85. The first kappa shape index (κ1) is 45.8. The van der Waals surface area contributed by atoms with Gasteiger partial charge >= 0.3 is 0 Å². The minimum Gasteiger partial charge on any atom is -0.0683 e. The number of aryl methyl sites for hydroxylation is 3. The van der Waals surface area contributed by atoms with Gasteiger partial charge in [0.2, 0.25) is 0 Å². The predicted octanol–water partition coefficient (Wildman–Crippen LogP) is 18.3. The van der Waals surface area contributed by atoms with E-state index < -0.39 is 0 Å². The first-order chi connectivity index (χ1) is 30.7. The Morgan fingerprint density at radius 2 is 0.516 bits per heavy atom. The van der Waals surface area contributed by atoms with Gasteiger partial charge in [0.25, 0.3) is 0 Å². The summed E-state index contributed by atoms with van der Waals surface area (Å²) in [4.78, 5) is 0. The minimum absolute atomic E-state index is 0.0709. The Hall–Kier alpha value is -6.24. The van der Waals surface area contributed by atoms with Crippen molar-refractivity contribution in [2.75, 3.05) is 0 Å². The van der Waals surface area contributed by atoms with Gasteiger partial charge in [0.05, 0.1) is 0 Å². The molecule has 8 aromatic rings. The second-order valence-corrected chi connectivity index (χ2v) is 18.8. The van der Waals surface area contributed by atoms with E-state index in [4.69, 9.17) is 0 Å². The lowest BCUT2D eigenvalue weighted by atomic mass is 9.81.